The van der Waals surface area contributed by atoms with Crippen LogP contribution >= 0.6 is 0 Å². The first-order valence-corrected chi connectivity index (χ1v) is 10.2. The second-order valence-electron chi connectivity index (χ2n) is 7.88. The number of urea groups is 1. The molecule has 2 aromatic carbocycles. The molecule has 1 fully saturated rings. The summed E-state index contributed by atoms with van der Waals surface area (Å²) in [6.07, 6.45) is 2.96. The van der Waals surface area contributed by atoms with Crippen LogP contribution in [0.15, 0.2) is 78.4 Å². The zero-order chi connectivity index (χ0) is 21.7. The fourth-order valence-electron chi connectivity index (χ4n) is 4.29. The second kappa shape index (κ2) is 7.12. The maximum absolute atomic E-state index is 13.3. The smallest absolute Gasteiger partial charge is 0.302 e. The zero-order valence-electron chi connectivity index (χ0n) is 17.5. The number of guanidine groups is 1. The lowest BCUT2D eigenvalue weighted by molar-refractivity contribution is -0.136. The van der Waals surface area contributed by atoms with E-state index < -0.39 is 12.2 Å². The third-order valence-electron chi connectivity index (χ3n) is 5.88. The van der Waals surface area contributed by atoms with Gasteiger partial charge in [0, 0.05) is 31.0 Å². The van der Waals surface area contributed by atoms with Crippen molar-refractivity contribution in [3.05, 3.63) is 84.6 Å². The topological polar surface area (TPSA) is 59.5 Å². The molecule has 3 heterocycles. The Hall–Kier alpha value is -3.87. The van der Waals surface area contributed by atoms with Crippen LogP contribution in [-0.4, -0.2) is 58.4 Å². The van der Waals surface area contributed by atoms with Crippen molar-refractivity contribution in [1.82, 2.24) is 14.7 Å². The van der Waals surface area contributed by atoms with E-state index in [0.717, 1.165) is 22.5 Å². The van der Waals surface area contributed by atoms with Crippen LogP contribution in [0.3, 0.4) is 0 Å². The molecule has 0 radical (unpaired) electrons. The largest absolute Gasteiger partial charge is 0.328 e. The monoisotopic (exact) mass is 413 g/mol. The highest BCUT2D eigenvalue weighted by Gasteiger charge is 2.54. The van der Waals surface area contributed by atoms with Crippen molar-refractivity contribution in [3.8, 4) is 0 Å². The van der Waals surface area contributed by atoms with E-state index in [1.54, 1.807) is 13.1 Å². The molecule has 2 aromatic rings. The molecule has 0 N–H and O–H groups in total. The van der Waals surface area contributed by atoms with E-state index in [0.29, 0.717) is 5.96 Å². The minimum Gasteiger partial charge on any atom is -0.302 e. The van der Waals surface area contributed by atoms with Crippen molar-refractivity contribution in [3.63, 3.8) is 0 Å². The quantitative estimate of drug-likeness (QED) is 0.722. The predicted octanol–water partition coefficient (Wildman–Crippen LogP) is 3.26. The normalized spacial score (nSPS) is 22.4. The Morgan fingerprint density at radius 2 is 1.77 bits per heavy atom. The lowest BCUT2D eigenvalue weighted by Crippen LogP contribution is -2.64. The molecule has 0 spiro atoms. The first kappa shape index (κ1) is 19.1. The van der Waals surface area contributed by atoms with E-state index in [9.17, 15) is 9.59 Å². The van der Waals surface area contributed by atoms with Crippen LogP contribution in [0.2, 0.25) is 0 Å². The van der Waals surface area contributed by atoms with Gasteiger partial charge in [-0.05, 0) is 19.1 Å². The number of benzene rings is 2. The fraction of sp³-hybridized carbons (Fsp3) is 0.208. The third kappa shape index (κ3) is 2.84. The molecule has 2 unspecified atom stereocenters. The minimum absolute atomic E-state index is 0.172. The van der Waals surface area contributed by atoms with E-state index in [4.69, 9.17) is 4.99 Å². The van der Waals surface area contributed by atoms with Gasteiger partial charge in [-0.2, -0.15) is 0 Å². The van der Waals surface area contributed by atoms with Crippen LogP contribution < -0.4 is 4.90 Å². The Morgan fingerprint density at radius 1 is 1.06 bits per heavy atom. The molecule has 3 aliphatic heterocycles. The summed E-state index contributed by atoms with van der Waals surface area (Å²) in [5.74, 6) is 0.382. The van der Waals surface area contributed by atoms with Gasteiger partial charge in [-0.3, -0.25) is 19.5 Å². The van der Waals surface area contributed by atoms with Crippen LogP contribution in [0.1, 0.15) is 11.1 Å². The number of fused-ring (bicyclic) bond motifs is 3. The standard InChI is InChI=1S/C24H23N5O2/c1-4-14-27-22(30)20-21(26(3)24(27)31)25-23-28(20)15-19(17-8-6-5-7-9-17)29(23)18-12-10-16(2)11-13-18/h4-13,15,20-21H,1,14H2,2-3H3. The number of likely N-dealkylation sites (N-methyl/N-ethyl adjacent to an activating group) is 1. The van der Waals surface area contributed by atoms with Crippen LogP contribution in [0, 0.1) is 6.92 Å². The highest BCUT2D eigenvalue weighted by Crippen LogP contribution is 2.39. The van der Waals surface area contributed by atoms with Gasteiger partial charge in [0.1, 0.15) is 0 Å². The lowest BCUT2D eigenvalue weighted by Gasteiger charge is -2.39. The van der Waals surface area contributed by atoms with Gasteiger partial charge in [-0.25, -0.2) is 9.79 Å². The summed E-state index contributed by atoms with van der Waals surface area (Å²) >= 11 is 0. The zero-order valence-corrected chi connectivity index (χ0v) is 17.5. The van der Waals surface area contributed by atoms with Crippen LogP contribution in [0.4, 0.5) is 10.5 Å². The van der Waals surface area contributed by atoms with E-state index in [2.05, 4.69) is 23.6 Å². The van der Waals surface area contributed by atoms with Gasteiger partial charge >= 0.3 is 6.03 Å². The van der Waals surface area contributed by atoms with Gasteiger partial charge in [0.2, 0.25) is 5.96 Å². The maximum Gasteiger partial charge on any atom is 0.328 e. The minimum atomic E-state index is -0.605. The van der Waals surface area contributed by atoms with Gasteiger partial charge in [-0.1, -0.05) is 54.1 Å². The van der Waals surface area contributed by atoms with Crippen LogP contribution in [0.5, 0.6) is 0 Å². The van der Waals surface area contributed by atoms with E-state index >= 15 is 0 Å². The van der Waals surface area contributed by atoms with Crippen molar-refractivity contribution in [2.75, 3.05) is 18.5 Å². The van der Waals surface area contributed by atoms with Crippen molar-refractivity contribution >= 4 is 29.3 Å². The highest BCUT2D eigenvalue weighted by atomic mass is 16.2. The number of imide groups is 1. The number of rotatable bonds is 4. The van der Waals surface area contributed by atoms with Crippen molar-refractivity contribution in [2.45, 2.75) is 19.1 Å². The van der Waals surface area contributed by atoms with E-state index in [1.165, 1.54) is 9.80 Å². The summed E-state index contributed by atoms with van der Waals surface area (Å²) in [5.41, 5.74) is 4.06. The van der Waals surface area contributed by atoms with Crippen LogP contribution in [0.25, 0.3) is 5.70 Å². The van der Waals surface area contributed by atoms with Gasteiger partial charge in [0.05, 0.1) is 5.70 Å². The lowest BCUT2D eigenvalue weighted by atomic mass is 10.1. The Kier molecular flexibility index (Phi) is 4.39. The van der Waals surface area contributed by atoms with Crippen molar-refractivity contribution in [2.24, 2.45) is 4.99 Å². The number of carbonyl (C=O) groups is 2. The molecule has 7 heteroatoms. The van der Waals surface area contributed by atoms with E-state index in [1.807, 2.05) is 60.5 Å². The molecule has 7 nitrogen and oxygen atoms in total. The number of hydrogen-bond donors (Lipinski definition) is 0. The van der Waals surface area contributed by atoms with Crippen molar-refractivity contribution in [1.29, 1.82) is 0 Å². The Labute approximate surface area is 181 Å². The van der Waals surface area contributed by atoms with Gasteiger partial charge in [-0.15, -0.1) is 6.58 Å². The Morgan fingerprint density at radius 3 is 2.45 bits per heavy atom. The molecule has 2 atom stereocenters. The molecule has 5 rings (SSSR count). The summed E-state index contributed by atoms with van der Waals surface area (Å²) in [6, 6.07) is 17.3. The molecular weight excluding hydrogens is 390 g/mol. The molecule has 0 aromatic heterocycles. The highest BCUT2D eigenvalue weighted by molar-refractivity contribution is 6.16. The Balaban J connectivity index is 1.62. The SMILES string of the molecule is C=CCN1C(=O)C2C(N=C3N(c4ccc(C)cc4)C(c4ccccc4)=CN32)N(C)C1=O. The molecule has 0 bridgehead atoms. The Bertz CT molecular complexity index is 1120. The molecule has 0 saturated carbocycles. The second-order valence-corrected chi connectivity index (χ2v) is 7.88. The summed E-state index contributed by atoms with van der Waals surface area (Å²) in [6.45, 7) is 5.90. The van der Waals surface area contributed by atoms with Gasteiger partial charge in [0.15, 0.2) is 12.2 Å². The summed E-state index contributed by atoms with van der Waals surface area (Å²) in [4.78, 5) is 37.6. The molecule has 3 aliphatic rings. The molecule has 1 saturated heterocycles. The fourth-order valence-corrected chi connectivity index (χ4v) is 4.29. The molecule has 0 aliphatic carbocycles. The molecular formula is C24H23N5O2. The predicted molar refractivity (Wildman–Crippen MR) is 120 cm³/mol. The third-order valence-corrected chi connectivity index (χ3v) is 5.88. The molecule has 31 heavy (non-hydrogen) atoms. The average Bonchev–Trinajstić information content (AvgIpc) is 3.33. The van der Waals surface area contributed by atoms with Gasteiger partial charge < -0.3 is 4.90 Å². The first-order chi connectivity index (χ1) is 15.0. The first-order valence-electron chi connectivity index (χ1n) is 10.2. The number of amides is 3. The number of aryl methyl sites for hydroxylation is 1. The van der Waals surface area contributed by atoms with Gasteiger partial charge in [0.25, 0.3) is 5.91 Å². The average molecular weight is 413 g/mol. The summed E-state index contributed by atoms with van der Waals surface area (Å²) in [5, 5.41) is 0. The van der Waals surface area contributed by atoms with Crippen LogP contribution in [-0.2, 0) is 4.79 Å². The number of aliphatic imine (C=N–C) groups is 1. The number of hydrogen-bond acceptors (Lipinski definition) is 5. The van der Waals surface area contributed by atoms with E-state index in [-0.39, 0.29) is 18.5 Å². The summed E-state index contributed by atoms with van der Waals surface area (Å²) < 4.78 is 0. The summed E-state index contributed by atoms with van der Waals surface area (Å²) in [7, 11) is 1.69. The molecule has 156 valence electrons. The molecule has 3 amide bonds. The number of carbonyl (C=O) groups excluding carboxylic acids is 2. The van der Waals surface area contributed by atoms with Crippen molar-refractivity contribution < 1.29 is 9.59 Å². The number of nitrogens with zero attached hydrogens (tertiary/aromatic N) is 5. The number of anilines is 1. The maximum atomic E-state index is 13.3.